The average molecular weight is 307 g/mol. The Morgan fingerprint density at radius 2 is 1.45 bits per heavy atom. The maximum Gasteiger partial charge on any atom is 0.234 e. The number of amides is 2. The Bertz CT molecular complexity index is 866. The number of anilines is 1. The van der Waals surface area contributed by atoms with Gasteiger partial charge in [0.1, 0.15) is 0 Å². The van der Waals surface area contributed by atoms with Gasteiger partial charge in [0.15, 0.2) is 0 Å². The summed E-state index contributed by atoms with van der Waals surface area (Å²) in [5.41, 5.74) is 1.78. The Balaban J connectivity index is 2.03. The van der Waals surface area contributed by atoms with Crippen LogP contribution in [0.2, 0.25) is 0 Å². The van der Waals surface area contributed by atoms with Crippen LogP contribution < -0.4 is 4.90 Å². The third kappa shape index (κ3) is 1.96. The van der Waals surface area contributed by atoms with Crippen LogP contribution >= 0.6 is 11.3 Å². The van der Waals surface area contributed by atoms with E-state index >= 15 is 0 Å². The summed E-state index contributed by atoms with van der Waals surface area (Å²) in [5.74, 6) is -0.212. The van der Waals surface area contributed by atoms with Crippen LogP contribution in [0.3, 0.4) is 0 Å². The summed E-state index contributed by atoms with van der Waals surface area (Å²) in [6.07, 6.45) is 0.606. The molecule has 1 aromatic heterocycles. The summed E-state index contributed by atoms with van der Waals surface area (Å²) in [4.78, 5) is 26.8. The third-order valence-corrected chi connectivity index (χ3v) is 5.09. The molecule has 1 fully saturated rings. The van der Waals surface area contributed by atoms with E-state index in [1.54, 1.807) is 11.3 Å². The van der Waals surface area contributed by atoms with Crippen molar-refractivity contribution in [3.63, 3.8) is 0 Å². The number of carbonyl (C=O) groups is 2. The molecule has 0 N–H and O–H groups in total. The highest BCUT2D eigenvalue weighted by Gasteiger charge is 2.34. The molecular formula is C18H13NO2S. The first-order valence-corrected chi connectivity index (χ1v) is 8.00. The van der Waals surface area contributed by atoms with Gasteiger partial charge >= 0.3 is 0 Å². The van der Waals surface area contributed by atoms with E-state index in [4.69, 9.17) is 0 Å². The summed E-state index contributed by atoms with van der Waals surface area (Å²) >= 11 is 1.62. The van der Waals surface area contributed by atoms with Crippen molar-refractivity contribution < 1.29 is 9.59 Å². The number of hydrogen-bond donors (Lipinski definition) is 0. The second-order valence-corrected chi connectivity index (χ2v) is 6.32. The molecule has 2 aromatic carbocycles. The lowest BCUT2D eigenvalue weighted by molar-refractivity contribution is -0.121. The average Bonchev–Trinajstić information content (AvgIpc) is 3.08. The first-order valence-electron chi connectivity index (χ1n) is 7.18. The maximum absolute atomic E-state index is 12.2. The molecule has 0 atom stereocenters. The molecule has 2 heterocycles. The van der Waals surface area contributed by atoms with Crippen molar-refractivity contribution in [1.82, 2.24) is 0 Å². The molecule has 22 heavy (non-hydrogen) atoms. The van der Waals surface area contributed by atoms with Gasteiger partial charge in [0, 0.05) is 22.9 Å². The van der Waals surface area contributed by atoms with Crippen molar-refractivity contribution in [3.8, 4) is 10.4 Å². The zero-order chi connectivity index (χ0) is 15.1. The Hall–Kier alpha value is -2.46. The summed E-state index contributed by atoms with van der Waals surface area (Å²) in [5, 5.41) is 0.968. The molecule has 4 rings (SSSR count). The summed E-state index contributed by atoms with van der Waals surface area (Å²) in [6.45, 7) is 0. The highest BCUT2D eigenvalue weighted by atomic mass is 32.1. The molecule has 1 aliphatic rings. The molecule has 2 amide bonds. The van der Waals surface area contributed by atoms with Gasteiger partial charge in [-0.15, -0.1) is 11.3 Å². The van der Waals surface area contributed by atoms with Crippen molar-refractivity contribution in [1.29, 1.82) is 0 Å². The van der Waals surface area contributed by atoms with Gasteiger partial charge in [-0.05, 0) is 11.6 Å². The molecule has 4 heteroatoms. The lowest BCUT2D eigenvalue weighted by atomic mass is 10.1. The van der Waals surface area contributed by atoms with Crippen LogP contribution in [0, 0.1) is 0 Å². The first kappa shape index (κ1) is 13.2. The van der Waals surface area contributed by atoms with Gasteiger partial charge in [-0.2, -0.15) is 0 Å². The Morgan fingerprint density at radius 3 is 2.18 bits per heavy atom. The van der Waals surface area contributed by atoms with Crippen LogP contribution in [0.25, 0.3) is 20.5 Å². The number of hydrogen-bond acceptors (Lipinski definition) is 3. The highest BCUT2D eigenvalue weighted by Crippen LogP contribution is 2.45. The quantitative estimate of drug-likeness (QED) is 0.665. The number of benzene rings is 2. The van der Waals surface area contributed by atoms with Crippen molar-refractivity contribution in [3.05, 3.63) is 54.6 Å². The molecule has 108 valence electrons. The van der Waals surface area contributed by atoms with E-state index in [0.29, 0.717) is 12.8 Å². The predicted molar refractivity (Wildman–Crippen MR) is 89.0 cm³/mol. The monoisotopic (exact) mass is 307 g/mol. The number of thiophene rings is 1. The van der Waals surface area contributed by atoms with E-state index in [1.165, 1.54) is 4.90 Å². The SMILES string of the molecule is O=C1CCC(=O)N1c1c(-c2ccccc2)sc2ccccc12. The number of nitrogens with zero attached hydrogens (tertiary/aromatic N) is 1. The van der Waals surface area contributed by atoms with Crippen LogP contribution in [0.5, 0.6) is 0 Å². The molecule has 1 aliphatic heterocycles. The second kappa shape index (κ2) is 5.07. The first-order chi connectivity index (χ1) is 10.8. The van der Waals surface area contributed by atoms with Gasteiger partial charge in [0.25, 0.3) is 0 Å². The normalized spacial score (nSPS) is 15.0. The van der Waals surface area contributed by atoms with Crippen LogP contribution in [0.15, 0.2) is 54.6 Å². The van der Waals surface area contributed by atoms with Gasteiger partial charge in [0.2, 0.25) is 11.8 Å². The minimum Gasteiger partial charge on any atom is -0.274 e. The molecule has 0 spiro atoms. The third-order valence-electron chi connectivity index (χ3n) is 3.88. The number of fused-ring (bicyclic) bond motifs is 1. The largest absolute Gasteiger partial charge is 0.274 e. The number of rotatable bonds is 2. The van der Waals surface area contributed by atoms with E-state index in [1.807, 2.05) is 54.6 Å². The smallest absolute Gasteiger partial charge is 0.234 e. The highest BCUT2D eigenvalue weighted by molar-refractivity contribution is 7.23. The zero-order valence-electron chi connectivity index (χ0n) is 11.8. The molecule has 0 aliphatic carbocycles. The van der Waals surface area contributed by atoms with E-state index in [2.05, 4.69) is 0 Å². The summed E-state index contributed by atoms with van der Waals surface area (Å²) in [7, 11) is 0. The molecular weight excluding hydrogens is 294 g/mol. The van der Waals surface area contributed by atoms with Gasteiger partial charge in [-0.1, -0.05) is 48.5 Å². The molecule has 0 saturated carbocycles. The van der Waals surface area contributed by atoms with E-state index in [0.717, 1.165) is 26.2 Å². The lowest BCUT2D eigenvalue weighted by Crippen LogP contribution is -2.28. The Kier molecular flexibility index (Phi) is 3.05. The van der Waals surface area contributed by atoms with Crippen molar-refractivity contribution in [2.24, 2.45) is 0 Å². The fraction of sp³-hybridized carbons (Fsp3) is 0.111. The van der Waals surface area contributed by atoms with E-state index < -0.39 is 0 Å². The molecule has 0 radical (unpaired) electrons. The fourth-order valence-electron chi connectivity index (χ4n) is 2.87. The molecule has 0 bridgehead atoms. The van der Waals surface area contributed by atoms with Gasteiger partial charge in [-0.3, -0.25) is 9.59 Å². The predicted octanol–water partition coefficient (Wildman–Crippen LogP) is 4.22. The van der Waals surface area contributed by atoms with Crippen LogP contribution in [-0.4, -0.2) is 11.8 Å². The Labute approximate surface area is 131 Å². The van der Waals surface area contributed by atoms with Crippen molar-refractivity contribution in [2.45, 2.75) is 12.8 Å². The van der Waals surface area contributed by atoms with Crippen LogP contribution in [0.4, 0.5) is 5.69 Å². The van der Waals surface area contributed by atoms with Gasteiger partial charge in [0.05, 0.1) is 10.6 Å². The zero-order valence-corrected chi connectivity index (χ0v) is 12.6. The van der Waals surface area contributed by atoms with E-state index in [9.17, 15) is 9.59 Å². The minimum atomic E-state index is -0.106. The Morgan fingerprint density at radius 1 is 0.818 bits per heavy atom. The van der Waals surface area contributed by atoms with E-state index in [-0.39, 0.29) is 11.8 Å². The molecule has 3 nitrogen and oxygen atoms in total. The molecule has 1 saturated heterocycles. The van der Waals surface area contributed by atoms with Crippen LogP contribution in [0.1, 0.15) is 12.8 Å². The minimum absolute atomic E-state index is 0.106. The summed E-state index contributed by atoms with van der Waals surface area (Å²) < 4.78 is 1.09. The van der Waals surface area contributed by atoms with Gasteiger partial charge < -0.3 is 0 Å². The second-order valence-electron chi connectivity index (χ2n) is 5.26. The number of carbonyl (C=O) groups excluding carboxylic acids is 2. The van der Waals surface area contributed by atoms with Gasteiger partial charge in [-0.25, -0.2) is 4.90 Å². The lowest BCUT2D eigenvalue weighted by Gasteiger charge is -2.15. The van der Waals surface area contributed by atoms with Crippen LogP contribution in [-0.2, 0) is 9.59 Å². The maximum atomic E-state index is 12.2. The standard InChI is InChI=1S/C18H13NO2S/c20-15-10-11-16(21)19(15)17-13-8-4-5-9-14(13)22-18(17)12-6-2-1-3-7-12/h1-9H,10-11H2. The molecule has 0 unspecified atom stereocenters. The summed E-state index contributed by atoms with van der Waals surface area (Å²) in [6, 6.07) is 17.9. The van der Waals surface area contributed by atoms with Crippen molar-refractivity contribution >= 4 is 38.9 Å². The topological polar surface area (TPSA) is 37.4 Å². The van der Waals surface area contributed by atoms with Crippen molar-refractivity contribution in [2.75, 3.05) is 4.90 Å². The number of imide groups is 1. The fourth-order valence-corrected chi connectivity index (χ4v) is 4.06. The molecule has 3 aromatic rings.